The third-order valence-corrected chi connectivity index (χ3v) is 3.35. The van der Waals surface area contributed by atoms with Crippen LogP contribution in [0.25, 0.3) is 0 Å². The van der Waals surface area contributed by atoms with Gasteiger partial charge in [0.05, 0.1) is 6.04 Å². The Morgan fingerprint density at radius 3 is 2.61 bits per heavy atom. The van der Waals surface area contributed by atoms with Gasteiger partial charge in [-0.15, -0.1) is 0 Å². The van der Waals surface area contributed by atoms with Gasteiger partial charge in [-0.2, -0.15) is 0 Å². The molecule has 1 N–H and O–H groups in total. The number of hydrogen-bond acceptors (Lipinski definition) is 3. The first-order valence-corrected chi connectivity index (χ1v) is 7.14. The zero-order chi connectivity index (χ0) is 13.5. The molecule has 4 nitrogen and oxygen atoms in total. The summed E-state index contributed by atoms with van der Waals surface area (Å²) in [5.74, 6) is 1.07. The highest BCUT2D eigenvalue weighted by molar-refractivity contribution is 9.10. The van der Waals surface area contributed by atoms with Gasteiger partial charge in [-0.3, -0.25) is 4.79 Å². The number of carbonyl (C=O) groups is 1. The van der Waals surface area contributed by atoms with E-state index in [0.717, 1.165) is 23.5 Å². The van der Waals surface area contributed by atoms with E-state index in [-0.39, 0.29) is 11.9 Å². The number of carbonyl (C=O) groups excluding carboxylic acids is 1. The highest BCUT2D eigenvalue weighted by atomic mass is 79.9. The minimum atomic E-state index is 0.112. The van der Waals surface area contributed by atoms with E-state index < -0.39 is 0 Å². The largest absolute Gasteiger partial charge is 0.453 e. The lowest BCUT2D eigenvalue weighted by Gasteiger charge is -2.19. The van der Waals surface area contributed by atoms with E-state index in [1.54, 1.807) is 0 Å². The Bertz CT molecular complexity index is 375. The van der Waals surface area contributed by atoms with Crippen molar-refractivity contribution in [2.45, 2.75) is 33.2 Å². The van der Waals surface area contributed by atoms with Crippen LogP contribution in [0.1, 0.15) is 39.0 Å². The van der Waals surface area contributed by atoms with Gasteiger partial charge in [-0.1, -0.05) is 0 Å². The van der Waals surface area contributed by atoms with Crippen molar-refractivity contribution in [3.63, 3.8) is 0 Å². The van der Waals surface area contributed by atoms with Crippen LogP contribution < -0.4 is 5.32 Å². The fraction of sp³-hybridized carbons (Fsp3) is 0.615. The number of halogens is 1. The predicted molar refractivity (Wildman–Crippen MR) is 75.4 cm³/mol. The van der Waals surface area contributed by atoms with Gasteiger partial charge in [0.1, 0.15) is 5.76 Å². The average molecular weight is 317 g/mol. The molecule has 1 atom stereocenters. The summed E-state index contributed by atoms with van der Waals surface area (Å²) in [6.45, 7) is 8.23. The first kappa shape index (κ1) is 15.2. The Kier molecular flexibility index (Phi) is 6.43. The Morgan fingerprint density at radius 1 is 1.44 bits per heavy atom. The summed E-state index contributed by atoms with van der Waals surface area (Å²) >= 11 is 3.27. The van der Waals surface area contributed by atoms with E-state index >= 15 is 0 Å². The van der Waals surface area contributed by atoms with Crippen LogP contribution in [0, 0.1) is 0 Å². The van der Waals surface area contributed by atoms with E-state index in [9.17, 15) is 4.79 Å². The van der Waals surface area contributed by atoms with Crippen molar-refractivity contribution in [3.05, 3.63) is 22.6 Å². The van der Waals surface area contributed by atoms with Crippen molar-refractivity contribution in [2.24, 2.45) is 0 Å². The number of amides is 1. The summed E-state index contributed by atoms with van der Waals surface area (Å²) in [5.41, 5.74) is 0. The fourth-order valence-electron chi connectivity index (χ4n) is 1.79. The summed E-state index contributed by atoms with van der Waals surface area (Å²) in [6, 6.07) is 3.91. The lowest BCUT2D eigenvalue weighted by molar-refractivity contribution is -0.130. The van der Waals surface area contributed by atoms with E-state index in [4.69, 9.17) is 4.42 Å². The van der Waals surface area contributed by atoms with Crippen molar-refractivity contribution in [2.75, 3.05) is 19.6 Å². The van der Waals surface area contributed by atoms with Crippen molar-refractivity contribution < 1.29 is 9.21 Å². The average Bonchev–Trinajstić information content (AvgIpc) is 2.77. The van der Waals surface area contributed by atoms with Crippen molar-refractivity contribution in [1.82, 2.24) is 10.2 Å². The molecule has 0 aliphatic rings. The van der Waals surface area contributed by atoms with Gasteiger partial charge in [-0.25, -0.2) is 0 Å². The number of nitrogens with zero attached hydrogens (tertiary/aromatic N) is 1. The molecule has 0 aliphatic heterocycles. The third-order valence-electron chi connectivity index (χ3n) is 2.93. The summed E-state index contributed by atoms with van der Waals surface area (Å²) in [5, 5.41) is 3.28. The second kappa shape index (κ2) is 7.59. The lowest BCUT2D eigenvalue weighted by Crippen LogP contribution is -2.33. The monoisotopic (exact) mass is 316 g/mol. The Morgan fingerprint density at radius 2 is 2.11 bits per heavy atom. The molecule has 18 heavy (non-hydrogen) atoms. The Hall–Kier alpha value is -0.810. The number of furan rings is 1. The van der Waals surface area contributed by atoms with E-state index in [2.05, 4.69) is 21.2 Å². The van der Waals surface area contributed by atoms with Gasteiger partial charge in [-0.05, 0) is 48.8 Å². The molecule has 5 heteroatoms. The lowest BCUT2D eigenvalue weighted by atomic mass is 10.2. The number of rotatable bonds is 7. The minimum Gasteiger partial charge on any atom is -0.453 e. The summed E-state index contributed by atoms with van der Waals surface area (Å²) in [4.78, 5) is 13.6. The predicted octanol–water partition coefficient (Wildman–Crippen LogP) is 2.95. The molecule has 0 fully saturated rings. The molecule has 0 radical (unpaired) electrons. The summed E-state index contributed by atoms with van der Waals surface area (Å²) in [6.07, 6.45) is 0.522. The first-order valence-electron chi connectivity index (χ1n) is 6.34. The van der Waals surface area contributed by atoms with Gasteiger partial charge in [0, 0.05) is 26.1 Å². The van der Waals surface area contributed by atoms with E-state index in [1.807, 2.05) is 37.8 Å². The van der Waals surface area contributed by atoms with Crippen molar-refractivity contribution in [1.29, 1.82) is 0 Å². The first-order chi connectivity index (χ1) is 8.58. The van der Waals surface area contributed by atoms with Crippen LogP contribution in [0.5, 0.6) is 0 Å². The van der Waals surface area contributed by atoms with Crippen LogP contribution >= 0.6 is 15.9 Å². The minimum absolute atomic E-state index is 0.112. The number of hydrogen-bond donors (Lipinski definition) is 1. The smallest absolute Gasteiger partial charge is 0.223 e. The maximum Gasteiger partial charge on any atom is 0.223 e. The highest BCUT2D eigenvalue weighted by Crippen LogP contribution is 2.19. The molecule has 0 spiro atoms. The summed E-state index contributed by atoms with van der Waals surface area (Å²) < 4.78 is 6.18. The molecule has 0 bridgehead atoms. The van der Waals surface area contributed by atoms with Crippen molar-refractivity contribution >= 4 is 21.8 Å². The molecule has 1 rings (SSSR count). The van der Waals surface area contributed by atoms with Crippen LogP contribution in [-0.2, 0) is 4.79 Å². The zero-order valence-corrected chi connectivity index (χ0v) is 12.8. The SMILES string of the molecule is CCN(CC)C(=O)CCNC(C)c1ccc(Br)o1. The van der Waals surface area contributed by atoms with Gasteiger partial charge in [0.2, 0.25) is 5.91 Å². The van der Waals surface area contributed by atoms with Crippen molar-refractivity contribution in [3.8, 4) is 0 Å². The Labute approximate surface area is 117 Å². The second-order valence-electron chi connectivity index (χ2n) is 4.13. The maximum atomic E-state index is 11.8. The van der Waals surface area contributed by atoms with Crippen LogP contribution in [0.15, 0.2) is 21.2 Å². The number of nitrogens with one attached hydrogen (secondary N) is 1. The molecular weight excluding hydrogens is 296 g/mol. The van der Waals surface area contributed by atoms with E-state index in [1.165, 1.54) is 0 Å². The molecular formula is C13H21BrN2O2. The second-order valence-corrected chi connectivity index (χ2v) is 4.92. The van der Waals surface area contributed by atoms with Crippen LogP contribution in [0.4, 0.5) is 0 Å². The van der Waals surface area contributed by atoms with Gasteiger partial charge in [0.25, 0.3) is 0 Å². The maximum absolute atomic E-state index is 11.8. The quantitative estimate of drug-likeness (QED) is 0.841. The molecule has 102 valence electrons. The van der Waals surface area contributed by atoms with E-state index in [0.29, 0.717) is 13.0 Å². The molecule has 1 aromatic rings. The molecule has 1 unspecified atom stereocenters. The molecule has 0 saturated carbocycles. The van der Waals surface area contributed by atoms with Crippen LogP contribution in [0.3, 0.4) is 0 Å². The standard InChI is InChI=1S/C13H21BrN2O2/c1-4-16(5-2)13(17)8-9-15-10(3)11-6-7-12(14)18-11/h6-7,10,15H,4-5,8-9H2,1-3H3. The molecule has 0 aliphatic carbocycles. The molecule has 0 saturated heterocycles. The fourth-order valence-corrected chi connectivity index (χ4v) is 2.11. The topological polar surface area (TPSA) is 45.5 Å². The third kappa shape index (κ3) is 4.46. The molecule has 1 heterocycles. The van der Waals surface area contributed by atoms with Gasteiger partial charge < -0.3 is 14.6 Å². The summed E-state index contributed by atoms with van der Waals surface area (Å²) in [7, 11) is 0. The molecule has 0 aromatic carbocycles. The normalized spacial score (nSPS) is 12.4. The van der Waals surface area contributed by atoms with Crippen LogP contribution in [-0.4, -0.2) is 30.4 Å². The zero-order valence-electron chi connectivity index (χ0n) is 11.2. The molecule has 1 amide bonds. The Balaban J connectivity index is 2.31. The van der Waals surface area contributed by atoms with Gasteiger partial charge >= 0.3 is 0 Å². The van der Waals surface area contributed by atoms with Gasteiger partial charge in [0.15, 0.2) is 4.67 Å². The van der Waals surface area contributed by atoms with Crippen LogP contribution in [0.2, 0.25) is 0 Å². The highest BCUT2D eigenvalue weighted by Gasteiger charge is 2.12. The molecule has 1 aromatic heterocycles.